The number of ether oxygens (including phenoxy) is 8. The highest BCUT2D eigenvalue weighted by Gasteiger charge is 2.53. The highest BCUT2D eigenvalue weighted by Crippen LogP contribution is 2.38. The van der Waals surface area contributed by atoms with E-state index in [-0.39, 0.29) is 62.4 Å². The molecule has 5 aliphatic rings. The van der Waals surface area contributed by atoms with Gasteiger partial charge in [-0.25, -0.2) is 4.79 Å². The van der Waals surface area contributed by atoms with E-state index in [1.54, 1.807) is 54.9 Å². The Hall–Kier alpha value is -4.84. The van der Waals surface area contributed by atoms with Gasteiger partial charge in [-0.3, -0.25) is 24.0 Å². The van der Waals surface area contributed by atoms with E-state index < -0.39 is 138 Å². The smallest absolute Gasteiger partial charge is 0.329 e. The fourth-order valence-corrected chi connectivity index (χ4v) is 13.1. The molecule has 0 aromatic heterocycles. The van der Waals surface area contributed by atoms with Crippen LogP contribution in [-0.4, -0.2) is 186 Å². The van der Waals surface area contributed by atoms with Crippen molar-refractivity contribution in [3.63, 3.8) is 0 Å². The number of cyclic esters (lactones) is 1. The van der Waals surface area contributed by atoms with Gasteiger partial charge >= 0.3 is 11.9 Å². The molecule has 20 nitrogen and oxygen atoms in total. The minimum absolute atomic E-state index is 0.0325. The van der Waals surface area contributed by atoms with Crippen LogP contribution in [0.25, 0.3) is 0 Å². The number of Topliss-reactive ketones (excluding diaryl/α,β-unsaturated/α-hetero) is 3. The number of ketones is 3. The maximum absolute atomic E-state index is 14.9. The summed E-state index contributed by atoms with van der Waals surface area (Å²) in [6.45, 7) is 13.8. The lowest BCUT2D eigenvalue weighted by Gasteiger charge is -2.42. The normalized spacial score (nSPS) is 38.0. The second-order valence-corrected chi connectivity index (χ2v) is 25.8. The van der Waals surface area contributed by atoms with Crippen LogP contribution in [0.15, 0.2) is 77.9 Å². The van der Waals surface area contributed by atoms with Crippen molar-refractivity contribution >= 4 is 35.2 Å². The number of benzene rings is 1. The third kappa shape index (κ3) is 19.1. The Morgan fingerprint density at radius 3 is 2.22 bits per heavy atom. The number of methoxy groups -OCH3 is 3. The number of hydrogen-bond donors (Lipinski definition) is 5. The van der Waals surface area contributed by atoms with E-state index in [9.17, 15) is 54.3 Å². The lowest BCUT2D eigenvalue weighted by molar-refractivity contribution is -0.273. The molecule has 0 radical (unpaired) electrons. The summed E-state index contributed by atoms with van der Waals surface area (Å²) < 4.78 is 48.2. The van der Waals surface area contributed by atoms with E-state index in [1.807, 2.05) is 81.5 Å². The number of amides is 1. The Kier molecular flexibility index (Phi) is 27.9. The topological polar surface area (TPSA) is 281 Å². The van der Waals surface area contributed by atoms with Crippen molar-refractivity contribution in [3.8, 4) is 0 Å². The number of rotatable bonds is 14. The van der Waals surface area contributed by atoms with Crippen LogP contribution in [0.2, 0.25) is 0 Å². The van der Waals surface area contributed by atoms with Gasteiger partial charge in [0.2, 0.25) is 5.79 Å². The number of aliphatic hydroxyl groups excluding tert-OH is 4. The van der Waals surface area contributed by atoms with Crippen LogP contribution in [-0.2, 0) is 73.1 Å². The largest absolute Gasteiger partial charge is 0.460 e. The summed E-state index contributed by atoms with van der Waals surface area (Å²) in [6, 6.07) is 8.12. The molecule has 5 N–H and O–H groups in total. The van der Waals surface area contributed by atoms with Crippen molar-refractivity contribution in [3.05, 3.63) is 83.5 Å². The Morgan fingerprint density at radius 2 is 1.52 bits per heavy atom. The Morgan fingerprint density at radius 1 is 0.795 bits per heavy atom. The van der Waals surface area contributed by atoms with E-state index in [0.717, 1.165) is 11.1 Å². The van der Waals surface area contributed by atoms with E-state index in [2.05, 4.69) is 0 Å². The van der Waals surface area contributed by atoms with Gasteiger partial charge in [-0.2, -0.15) is 0 Å². The monoisotopic (exact) mass is 1240 g/mol. The zero-order valence-electron chi connectivity index (χ0n) is 53.6. The van der Waals surface area contributed by atoms with Crippen molar-refractivity contribution in [1.29, 1.82) is 0 Å². The molecule has 4 aliphatic heterocycles. The van der Waals surface area contributed by atoms with Gasteiger partial charge in [0.15, 0.2) is 24.3 Å². The van der Waals surface area contributed by atoms with Crippen molar-refractivity contribution in [2.75, 3.05) is 41.1 Å². The van der Waals surface area contributed by atoms with Crippen LogP contribution < -0.4 is 0 Å². The van der Waals surface area contributed by atoms with Crippen LogP contribution in [0, 0.1) is 47.3 Å². The predicted octanol–water partition coefficient (Wildman–Crippen LogP) is 6.68. The van der Waals surface area contributed by atoms with Gasteiger partial charge in [-0.15, -0.1) is 0 Å². The number of esters is 2. The van der Waals surface area contributed by atoms with Crippen molar-refractivity contribution in [2.45, 2.75) is 218 Å². The third-order valence-corrected chi connectivity index (χ3v) is 19.0. The van der Waals surface area contributed by atoms with Gasteiger partial charge < -0.3 is 68.3 Å². The fourth-order valence-electron chi connectivity index (χ4n) is 13.1. The molecular formula is C68H101NO19. The van der Waals surface area contributed by atoms with Crippen molar-refractivity contribution in [1.82, 2.24) is 4.90 Å². The third-order valence-electron chi connectivity index (χ3n) is 19.0. The molecule has 3 saturated heterocycles. The van der Waals surface area contributed by atoms with E-state index >= 15 is 0 Å². The molecule has 0 spiro atoms. The number of hydrogen-bond acceptors (Lipinski definition) is 19. The average Bonchev–Trinajstić information content (AvgIpc) is 1.69. The van der Waals surface area contributed by atoms with Gasteiger partial charge in [-0.05, 0) is 125 Å². The second-order valence-electron chi connectivity index (χ2n) is 25.8. The fraction of sp³-hybridized carbons (Fsp3) is 0.706. The number of carbonyl (C=O) groups is 6. The summed E-state index contributed by atoms with van der Waals surface area (Å²) >= 11 is 0. The highest BCUT2D eigenvalue weighted by atomic mass is 16.7. The molecule has 1 unspecified atom stereocenters. The summed E-state index contributed by atoms with van der Waals surface area (Å²) in [4.78, 5) is 89.4. The van der Waals surface area contributed by atoms with Crippen LogP contribution >= 0.6 is 0 Å². The van der Waals surface area contributed by atoms with Crippen molar-refractivity contribution < 1.29 is 92.2 Å². The molecule has 492 valence electrons. The Bertz CT molecular complexity index is 2590. The molecule has 1 aromatic rings. The zero-order valence-corrected chi connectivity index (χ0v) is 53.6. The summed E-state index contributed by atoms with van der Waals surface area (Å²) in [7, 11) is 4.46. The molecule has 88 heavy (non-hydrogen) atoms. The lowest BCUT2D eigenvalue weighted by atomic mass is 9.78. The van der Waals surface area contributed by atoms with Crippen LogP contribution in [0.4, 0.5) is 0 Å². The number of nitrogens with zero attached hydrogens (tertiary/aromatic N) is 1. The van der Waals surface area contributed by atoms with Crippen LogP contribution in [0.1, 0.15) is 138 Å². The van der Waals surface area contributed by atoms with Crippen LogP contribution in [0.3, 0.4) is 0 Å². The maximum Gasteiger partial charge on any atom is 0.329 e. The summed E-state index contributed by atoms with van der Waals surface area (Å²) in [5.74, 6) is -11.4. The van der Waals surface area contributed by atoms with E-state index in [0.29, 0.717) is 69.8 Å². The Labute approximate surface area is 520 Å². The number of aliphatic hydroxyl groups is 5. The minimum atomic E-state index is -2.49. The van der Waals surface area contributed by atoms with Crippen LogP contribution in [0.5, 0.6) is 0 Å². The maximum atomic E-state index is 14.9. The molecule has 1 amide bonds. The average molecular weight is 1240 g/mol. The standard InChI is InChI=1S/C68H101NO19/c1-39-20-14-12-15-21-40(2)55(81-9)35-50-27-25-45(7)68(80,88-50)63(76)64(77)69-29-19-18-24-51(69)66(79)86-56(42(4)32-48-26-28-52(70)57(34-48)82-10)36-53(71)41(3)31-44(6)61(62(83-11)58(73)43(5)30-39)87-65(78)46(8)49(33-47-22-16-13-17-23-47)37-84-67-60(75)59(74)54(72)38-85-67/h12-17,20-23,31,39,41-43,45-46,48-52,54-57,59-62,67,70,72,74-75,80H,18-19,24-30,32-38H2,1-11H3/b15-12+,20-14+,40-21+,44-31+/t39-,41-,42-,43-,45-,46+,48+,49+,50+,51+,52-,54-,55+,56?,57-,59-,60-,61-,62+,67+,68-/m1/s1. The summed E-state index contributed by atoms with van der Waals surface area (Å²) in [5.41, 5.74) is 2.02. The van der Waals surface area contributed by atoms with E-state index in [4.69, 9.17) is 37.9 Å². The number of fused-ring (bicyclic) bond motifs is 3. The summed E-state index contributed by atoms with van der Waals surface area (Å²) in [5, 5.41) is 54.1. The highest BCUT2D eigenvalue weighted by molar-refractivity contribution is 6.39. The Balaban J connectivity index is 1.37. The molecular weight excluding hydrogens is 1130 g/mol. The van der Waals surface area contributed by atoms with Gasteiger partial charge in [0.1, 0.15) is 36.2 Å². The second kappa shape index (κ2) is 34.0. The van der Waals surface area contributed by atoms with Crippen molar-refractivity contribution in [2.24, 2.45) is 47.3 Å². The first-order chi connectivity index (χ1) is 41.8. The molecule has 2 bridgehead atoms. The molecule has 1 aromatic carbocycles. The number of piperidine rings is 1. The summed E-state index contributed by atoms with van der Waals surface area (Å²) in [6.07, 6.45) is 4.24. The minimum Gasteiger partial charge on any atom is -0.460 e. The quantitative estimate of drug-likeness (QED) is 0.0737. The predicted molar refractivity (Wildman–Crippen MR) is 326 cm³/mol. The molecule has 6 rings (SSSR count). The first-order valence-electron chi connectivity index (χ1n) is 31.8. The van der Waals surface area contributed by atoms with E-state index in [1.165, 1.54) is 12.0 Å². The molecule has 1 aliphatic carbocycles. The molecule has 20 heteroatoms. The molecule has 21 atom stereocenters. The van der Waals surface area contributed by atoms with Gasteiger partial charge in [0.05, 0.1) is 43.5 Å². The first-order valence-corrected chi connectivity index (χ1v) is 31.8. The van der Waals surface area contributed by atoms with Gasteiger partial charge in [-0.1, -0.05) is 108 Å². The number of allylic oxidation sites excluding steroid dienone is 6. The number of carbonyl (C=O) groups excluding carboxylic acids is 6. The molecule has 4 fully saturated rings. The first kappa shape index (κ1) is 72.2. The lowest BCUT2D eigenvalue weighted by Crippen LogP contribution is -2.61. The SMILES string of the molecule is CO[C@H]1C[C@@H]2CC[C@@H](C)[C@@](O)(O2)C(=O)C(=O)N2CCCC[C@H]2C(=O)OC([C@H](C)C[C@@H]2CC[C@@H](O)[C@H](OC)C2)CC(=O)[C@H](C)/C=C(\C)[C@@H](OC(=O)[C@@H](C)[C@H](CO[C@H]2OC[C@@H](O)[C@@H](O)[C@H]2O)Cc2ccccc2)[C@@H](OC)C(=O)[C@H](C)C[C@H](C)/C=C/C=C/C=C/1C. The van der Waals surface area contributed by atoms with Gasteiger partial charge in [0.25, 0.3) is 11.7 Å². The molecule has 1 saturated carbocycles. The molecule has 4 heterocycles. The zero-order chi connectivity index (χ0) is 64.6. The van der Waals surface area contributed by atoms with Gasteiger partial charge in [0, 0.05) is 58.5 Å².